The Bertz CT molecular complexity index is 377. The lowest BCUT2D eigenvalue weighted by atomic mass is 10.1. The van der Waals surface area contributed by atoms with Crippen molar-refractivity contribution in [3.8, 4) is 0 Å². The van der Waals surface area contributed by atoms with E-state index in [1.165, 1.54) is 0 Å². The molecule has 0 aliphatic heterocycles. The number of nitrogens with one attached hydrogen (secondary N) is 3. The van der Waals surface area contributed by atoms with Crippen molar-refractivity contribution in [2.24, 2.45) is 4.99 Å². The Labute approximate surface area is 140 Å². The molecular formula is C12H29IN4O2S. The van der Waals surface area contributed by atoms with Gasteiger partial charge in [0, 0.05) is 25.2 Å². The second-order valence-corrected chi connectivity index (χ2v) is 7.38. The van der Waals surface area contributed by atoms with Crippen LogP contribution in [-0.4, -0.2) is 45.3 Å². The minimum Gasteiger partial charge on any atom is -0.357 e. The number of nitrogens with zero attached hydrogens (tertiary/aromatic N) is 1. The van der Waals surface area contributed by atoms with Crippen molar-refractivity contribution in [2.45, 2.75) is 46.6 Å². The molecule has 122 valence electrons. The first-order valence-corrected chi connectivity index (χ1v) is 8.39. The number of rotatable bonds is 7. The topological polar surface area (TPSA) is 82.6 Å². The van der Waals surface area contributed by atoms with E-state index < -0.39 is 10.0 Å². The van der Waals surface area contributed by atoms with Gasteiger partial charge in [-0.25, -0.2) is 13.1 Å². The summed E-state index contributed by atoms with van der Waals surface area (Å²) in [5, 5.41) is 6.43. The molecule has 20 heavy (non-hydrogen) atoms. The third-order valence-electron chi connectivity index (χ3n) is 2.14. The summed E-state index contributed by atoms with van der Waals surface area (Å²) in [5.41, 5.74) is -0.0508. The lowest BCUT2D eigenvalue weighted by Gasteiger charge is -2.23. The average Bonchev–Trinajstić information content (AvgIpc) is 2.26. The van der Waals surface area contributed by atoms with E-state index in [-0.39, 0.29) is 35.3 Å². The smallest absolute Gasteiger partial charge is 0.211 e. The Morgan fingerprint density at radius 1 is 1.20 bits per heavy atom. The van der Waals surface area contributed by atoms with E-state index in [2.05, 4.69) is 41.1 Å². The van der Waals surface area contributed by atoms with Crippen molar-refractivity contribution in [3.05, 3.63) is 0 Å². The van der Waals surface area contributed by atoms with Crippen LogP contribution >= 0.6 is 24.0 Å². The second-order valence-electron chi connectivity index (χ2n) is 5.29. The molecule has 0 amide bonds. The third kappa shape index (κ3) is 12.9. The summed E-state index contributed by atoms with van der Waals surface area (Å²) in [7, 11) is -3.09. The molecular weight excluding hydrogens is 391 g/mol. The largest absolute Gasteiger partial charge is 0.357 e. The van der Waals surface area contributed by atoms with Crippen LogP contribution < -0.4 is 15.4 Å². The van der Waals surface area contributed by atoms with Gasteiger partial charge in [-0.05, 0) is 41.0 Å². The van der Waals surface area contributed by atoms with Gasteiger partial charge < -0.3 is 10.6 Å². The molecule has 8 heteroatoms. The molecule has 0 saturated carbocycles. The van der Waals surface area contributed by atoms with Crippen LogP contribution in [0.1, 0.15) is 41.0 Å². The van der Waals surface area contributed by atoms with Gasteiger partial charge in [-0.2, -0.15) is 0 Å². The molecule has 3 N–H and O–H groups in total. The summed E-state index contributed by atoms with van der Waals surface area (Å²) in [4.78, 5) is 4.40. The molecule has 0 atom stereocenters. The number of hydrogen-bond acceptors (Lipinski definition) is 3. The zero-order chi connectivity index (χ0) is 14.9. The summed E-state index contributed by atoms with van der Waals surface area (Å²) in [5.74, 6) is 0.873. The van der Waals surface area contributed by atoms with Crippen molar-refractivity contribution in [2.75, 3.05) is 25.4 Å². The summed E-state index contributed by atoms with van der Waals surface area (Å²) in [6.45, 7) is 11.6. The quantitative estimate of drug-likeness (QED) is 0.251. The highest BCUT2D eigenvalue weighted by Gasteiger charge is 2.11. The zero-order valence-corrected chi connectivity index (χ0v) is 16.3. The highest BCUT2D eigenvalue weighted by Crippen LogP contribution is 1.98. The summed E-state index contributed by atoms with van der Waals surface area (Å²) in [6.07, 6.45) is 0.681. The molecule has 0 saturated heterocycles. The molecule has 0 aromatic rings. The molecule has 0 bridgehead atoms. The van der Waals surface area contributed by atoms with E-state index in [0.717, 1.165) is 12.5 Å². The zero-order valence-electron chi connectivity index (χ0n) is 13.1. The van der Waals surface area contributed by atoms with Gasteiger partial charge >= 0.3 is 0 Å². The van der Waals surface area contributed by atoms with Crippen LogP contribution in [0.25, 0.3) is 0 Å². The molecule has 0 fully saturated rings. The van der Waals surface area contributed by atoms with E-state index in [9.17, 15) is 8.42 Å². The van der Waals surface area contributed by atoms with Gasteiger partial charge in [-0.3, -0.25) is 4.99 Å². The molecule has 0 unspecified atom stereocenters. The molecule has 0 heterocycles. The predicted octanol–water partition coefficient (Wildman–Crippen LogP) is 1.29. The van der Waals surface area contributed by atoms with Crippen LogP contribution in [0.15, 0.2) is 4.99 Å². The van der Waals surface area contributed by atoms with Gasteiger partial charge in [-0.15, -0.1) is 24.0 Å². The van der Waals surface area contributed by atoms with Crippen molar-refractivity contribution in [3.63, 3.8) is 0 Å². The molecule has 0 aliphatic rings. The Balaban J connectivity index is 0. The van der Waals surface area contributed by atoms with Gasteiger partial charge in [0.25, 0.3) is 0 Å². The fourth-order valence-corrected chi connectivity index (χ4v) is 1.92. The van der Waals surface area contributed by atoms with Crippen LogP contribution in [0.5, 0.6) is 0 Å². The first-order chi connectivity index (χ1) is 8.70. The highest BCUT2D eigenvalue weighted by atomic mass is 127. The van der Waals surface area contributed by atoms with E-state index in [1.54, 1.807) is 6.92 Å². The van der Waals surface area contributed by atoms with E-state index in [4.69, 9.17) is 0 Å². The molecule has 0 rings (SSSR count). The van der Waals surface area contributed by atoms with E-state index in [1.807, 2.05) is 6.92 Å². The Kier molecular flexibility index (Phi) is 11.8. The van der Waals surface area contributed by atoms with Crippen LogP contribution in [0.4, 0.5) is 0 Å². The van der Waals surface area contributed by atoms with Crippen LogP contribution in [0.2, 0.25) is 0 Å². The average molecular weight is 420 g/mol. The molecule has 0 spiro atoms. The summed E-state index contributed by atoms with van der Waals surface area (Å²) >= 11 is 0. The van der Waals surface area contributed by atoms with Gasteiger partial charge in [0.2, 0.25) is 10.0 Å². The van der Waals surface area contributed by atoms with Gasteiger partial charge in [0.15, 0.2) is 5.96 Å². The predicted molar refractivity (Wildman–Crippen MR) is 96.4 cm³/mol. The minimum absolute atomic E-state index is 0. The third-order valence-corrected chi connectivity index (χ3v) is 3.55. The van der Waals surface area contributed by atoms with Crippen molar-refractivity contribution >= 4 is 40.0 Å². The lowest BCUT2D eigenvalue weighted by molar-refractivity contribution is 0.501. The highest BCUT2D eigenvalue weighted by molar-refractivity contribution is 14.0. The molecule has 0 aromatic carbocycles. The Morgan fingerprint density at radius 3 is 2.25 bits per heavy atom. The number of halogens is 1. The van der Waals surface area contributed by atoms with Gasteiger partial charge in [-0.1, -0.05) is 0 Å². The first-order valence-electron chi connectivity index (χ1n) is 6.74. The summed E-state index contributed by atoms with van der Waals surface area (Å²) in [6, 6.07) is 0. The minimum atomic E-state index is -3.09. The van der Waals surface area contributed by atoms with Crippen molar-refractivity contribution < 1.29 is 8.42 Å². The SMILES string of the molecule is CCNC(=NCCCNS(=O)(=O)CC)NC(C)(C)C.I. The Hall–Kier alpha value is -0.0900. The maximum absolute atomic E-state index is 11.2. The van der Waals surface area contributed by atoms with Crippen LogP contribution in [0.3, 0.4) is 0 Å². The fourth-order valence-electron chi connectivity index (χ4n) is 1.26. The second kappa shape index (κ2) is 10.6. The lowest BCUT2D eigenvalue weighted by Crippen LogP contribution is -2.47. The normalized spacial score (nSPS) is 12.8. The maximum atomic E-state index is 11.2. The van der Waals surface area contributed by atoms with Crippen LogP contribution in [0, 0.1) is 0 Å². The van der Waals surface area contributed by atoms with E-state index in [0.29, 0.717) is 19.5 Å². The summed E-state index contributed by atoms with van der Waals surface area (Å²) < 4.78 is 25.0. The first kappa shape index (κ1) is 22.2. The van der Waals surface area contributed by atoms with Crippen LogP contribution in [-0.2, 0) is 10.0 Å². The number of sulfonamides is 1. The standard InChI is InChI=1S/C12H28N4O2S.HI/c1-6-13-11(16-12(3,4)5)14-9-8-10-15-19(17,18)7-2;/h15H,6-10H2,1-5H3,(H2,13,14,16);1H. The van der Waals surface area contributed by atoms with Crippen molar-refractivity contribution in [1.29, 1.82) is 0 Å². The number of hydrogen-bond donors (Lipinski definition) is 3. The van der Waals surface area contributed by atoms with Gasteiger partial charge in [0.05, 0.1) is 5.75 Å². The molecule has 0 aromatic heterocycles. The molecule has 6 nitrogen and oxygen atoms in total. The van der Waals surface area contributed by atoms with Crippen molar-refractivity contribution in [1.82, 2.24) is 15.4 Å². The van der Waals surface area contributed by atoms with Gasteiger partial charge in [0.1, 0.15) is 0 Å². The fraction of sp³-hybridized carbons (Fsp3) is 0.917. The molecule has 0 aliphatic carbocycles. The maximum Gasteiger partial charge on any atom is 0.211 e. The number of aliphatic imine (C=N–C) groups is 1. The number of guanidine groups is 1. The Morgan fingerprint density at radius 2 is 1.80 bits per heavy atom. The monoisotopic (exact) mass is 420 g/mol. The van der Waals surface area contributed by atoms with E-state index >= 15 is 0 Å². The molecule has 0 radical (unpaired) electrons.